The van der Waals surface area contributed by atoms with Crippen LogP contribution >= 0.6 is 0 Å². The predicted octanol–water partition coefficient (Wildman–Crippen LogP) is 3.38. The highest BCUT2D eigenvalue weighted by atomic mass is 32.2. The van der Waals surface area contributed by atoms with E-state index >= 15 is 0 Å². The van der Waals surface area contributed by atoms with Crippen molar-refractivity contribution in [2.75, 3.05) is 24.9 Å². The first-order valence-electron chi connectivity index (χ1n) is 11.1. The van der Waals surface area contributed by atoms with Gasteiger partial charge in [-0.05, 0) is 49.7 Å². The molecule has 1 fully saturated rings. The summed E-state index contributed by atoms with van der Waals surface area (Å²) in [7, 11) is -2.50. The lowest BCUT2D eigenvalue weighted by molar-refractivity contribution is 0.0730. The zero-order chi connectivity index (χ0) is 25.2. The van der Waals surface area contributed by atoms with Crippen LogP contribution in [-0.2, 0) is 10.0 Å². The van der Waals surface area contributed by atoms with E-state index in [4.69, 9.17) is 9.47 Å². The lowest BCUT2D eigenvalue weighted by Gasteiger charge is -2.19. The summed E-state index contributed by atoms with van der Waals surface area (Å²) in [6.45, 7) is 4.17. The number of hydrogen-bond donors (Lipinski definition) is 2. The highest BCUT2D eigenvalue weighted by Crippen LogP contribution is 2.28. The Balaban J connectivity index is 1.47. The summed E-state index contributed by atoms with van der Waals surface area (Å²) >= 11 is 0. The van der Waals surface area contributed by atoms with E-state index in [0.29, 0.717) is 17.0 Å². The quantitative estimate of drug-likeness (QED) is 0.520. The van der Waals surface area contributed by atoms with E-state index in [-0.39, 0.29) is 29.6 Å². The molecule has 2 N–H and O–H groups in total. The van der Waals surface area contributed by atoms with Crippen molar-refractivity contribution < 1.29 is 27.8 Å². The Hall–Kier alpha value is -3.56. The summed E-state index contributed by atoms with van der Waals surface area (Å²) in [4.78, 5) is 14.6. The molecular weight excluding hydrogens is 468 g/mol. The fraction of sp³-hybridized carbons (Fsp3) is 0.269. The van der Waals surface area contributed by atoms with Crippen LogP contribution < -0.4 is 14.2 Å². The first kappa shape index (κ1) is 24.6. The summed E-state index contributed by atoms with van der Waals surface area (Å²) in [6.07, 6.45) is -1.52. The summed E-state index contributed by atoms with van der Waals surface area (Å²) in [6, 6.07) is 18.5. The van der Waals surface area contributed by atoms with Crippen LogP contribution in [0.4, 0.5) is 5.69 Å². The van der Waals surface area contributed by atoms with Gasteiger partial charge in [0.2, 0.25) is 0 Å². The van der Waals surface area contributed by atoms with Gasteiger partial charge in [0.25, 0.3) is 15.9 Å². The van der Waals surface area contributed by atoms with E-state index in [0.717, 1.165) is 11.1 Å². The lowest BCUT2D eigenvalue weighted by atomic mass is 10.0. The monoisotopic (exact) mass is 496 g/mol. The second kappa shape index (κ2) is 9.97. The number of nitrogens with one attached hydrogen (secondary N) is 1. The maximum atomic E-state index is 13.0. The molecule has 1 amide bonds. The number of para-hydroxylation sites is 1. The number of rotatable bonds is 7. The number of benzene rings is 3. The van der Waals surface area contributed by atoms with Crippen molar-refractivity contribution in [3.8, 4) is 11.5 Å². The Labute approximate surface area is 205 Å². The Morgan fingerprint density at radius 2 is 1.80 bits per heavy atom. The van der Waals surface area contributed by atoms with E-state index in [2.05, 4.69) is 4.72 Å². The summed E-state index contributed by atoms with van der Waals surface area (Å²) in [5, 5.41) is 10.6. The molecule has 0 aliphatic carbocycles. The molecule has 35 heavy (non-hydrogen) atoms. The Morgan fingerprint density at radius 3 is 2.57 bits per heavy atom. The number of β-amino-alcohol motifs (C(OH)–C–C–N with tert-alkyl or cyclic N) is 1. The van der Waals surface area contributed by atoms with Crippen LogP contribution in [-0.4, -0.2) is 56.7 Å². The van der Waals surface area contributed by atoms with Crippen LogP contribution in [0, 0.1) is 13.8 Å². The number of likely N-dealkylation sites (tertiary alicyclic amines) is 1. The lowest BCUT2D eigenvalue weighted by Crippen LogP contribution is -2.31. The number of sulfonamides is 1. The highest BCUT2D eigenvalue weighted by molar-refractivity contribution is 7.92. The molecule has 0 spiro atoms. The molecule has 1 heterocycles. The molecule has 0 radical (unpaired) electrons. The second-order valence-corrected chi connectivity index (χ2v) is 10.2. The van der Waals surface area contributed by atoms with Gasteiger partial charge in [0, 0.05) is 11.6 Å². The van der Waals surface area contributed by atoms with E-state index in [9.17, 15) is 18.3 Å². The molecule has 184 valence electrons. The fourth-order valence-corrected chi connectivity index (χ4v) is 5.25. The highest BCUT2D eigenvalue weighted by Gasteiger charge is 2.36. The van der Waals surface area contributed by atoms with Gasteiger partial charge in [-0.2, -0.15) is 0 Å². The van der Waals surface area contributed by atoms with Gasteiger partial charge >= 0.3 is 0 Å². The molecule has 0 unspecified atom stereocenters. The molecule has 3 aromatic carbocycles. The van der Waals surface area contributed by atoms with Gasteiger partial charge in [-0.1, -0.05) is 35.9 Å². The van der Waals surface area contributed by atoms with Crippen molar-refractivity contribution in [3.63, 3.8) is 0 Å². The number of anilines is 1. The van der Waals surface area contributed by atoms with Crippen molar-refractivity contribution >= 4 is 21.6 Å². The average Bonchev–Trinajstić information content (AvgIpc) is 3.20. The van der Waals surface area contributed by atoms with E-state index in [1.54, 1.807) is 41.3 Å². The molecule has 2 atom stereocenters. The van der Waals surface area contributed by atoms with Crippen LogP contribution in [0.2, 0.25) is 0 Å². The second-order valence-electron chi connectivity index (χ2n) is 8.54. The zero-order valence-corrected chi connectivity index (χ0v) is 20.6. The number of carbonyl (C=O) groups is 1. The van der Waals surface area contributed by atoms with Crippen LogP contribution in [0.5, 0.6) is 11.5 Å². The van der Waals surface area contributed by atoms with Crippen molar-refractivity contribution in [1.29, 1.82) is 0 Å². The number of aliphatic hydroxyl groups excluding tert-OH is 1. The van der Waals surface area contributed by atoms with Gasteiger partial charge < -0.3 is 19.5 Å². The predicted molar refractivity (Wildman–Crippen MR) is 132 cm³/mol. The zero-order valence-electron chi connectivity index (χ0n) is 19.8. The normalized spacial score (nSPS) is 17.8. The van der Waals surface area contributed by atoms with Crippen molar-refractivity contribution in [2.45, 2.75) is 31.0 Å². The SMILES string of the molecule is COc1ccccc1S(=O)(=O)Nc1cccc(O[C@@H]2CN(C(=O)c3cc(C)ccc3C)C[C@H]2O)c1. The first-order chi connectivity index (χ1) is 16.7. The van der Waals surface area contributed by atoms with Gasteiger partial charge in [0.05, 0.1) is 25.9 Å². The molecule has 0 aromatic heterocycles. The van der Waals surface area contributed by atoms with Gasteiger partial charge in [-0.25, -0.2) is 8.42 Å². The van der Waals surface area contributed by atoms with Crippen LogP contribution in [0.15, 0.2) is 71.6 Å². The van der Waals surface area contributed by atoms with Crippen LogP contribution in [0.25, 0.3) is 0 Å². The largest absolute Gasteiger partial charge is 0.495 e. The van der Waals surface area contributed by atoms with Gasteiger partial charge in [-0.15, -0.1) is 0 Å². The minimum Gasteiger partial charge on any atom is -0.495 e. The molecule has 0 bridgehead atoms. The average molecular weight is 497 g/mol. The molecule has 3 aromatic rings. The summed E-state index contributed by atoms with van der Waals surface area (Å²) in [5.74, 6) is 0.445. The molecule has 8 nitrogen and oxygen atoms in total. The third kappa shape index (κ3) is 5.41. The van der Waals surface area contributed by atoms with Crippen molar-refractivity contribution in [1.82, 2.24) is 4.90 Å². The molecule has 1 aliphatic heterocycles. The molecule has 1 saturated heterocycles. The number of aliphatic hydroxyl groups is 1. The van der Waals surface area contributed by atoms with Crippen LogP contribution in [0.3, 0.4) is 0 Å². The third-order valence-electron chi connectivity index (χ3n) is 5.88. The van der Waals surface area contributed by atoms with Gasteiger partial charge in [-0.3, -0.25) is 9.52 Å². The summed E-state index contributed by atoms with van der Waals surface area (Å²) in [5.41, 5.74) is 2.75. The number of amides is 1. The molecule has 4 rings (SSSR count). The number of aryl methyl sites for hydroxylation is 2. The maximum absolute atomic E-state index is 13.0. The minimum absolute atomic E-state index is 0.0145. The Bertz CT molecular complexity index is 1340. The van der Waals surface area contributed by atoms with E-state index in [1.807, 2.05) is 32.0 Å². The molecule has 1 aliphatic rings. The number of methoxy groups -OCH3 is 1. The molecular formula is C26H28N2O6S. The number of hydrogen-bond acceptors (Lipinski definition) is 6. The van der Waals surface area contributed by atoms with Crippen molar-refractivity contribution in [2.24, 2.45) is 0 Å². The summed E-state index contributed by atoms with van der Waals surface area (Å²) < 4.78 is 39.4. The van der Waals surface area contributed by atoms with Crippen LogP contribution in [0.1, 0.15) is 21.5 Å². The topological polar surface area (TPSA) is 105 Å². The number of carbonyl (C=O) groups excluding carboxylic acids is 1. The fourth-order valence-electron chi connectivity index (χ4n) is 4.03. The smallest absolute Gasteiger partial charge is 0.265 e. The Kier molecular flexibility index (Phi) is 7.00. The minimum atomic E-state index is -3.90. The number of nitrogens with zero attached hydrogens (tertiary/aromatic N) is 1. The first-order valence-corrected chi connectivity index (χ1v) is 12.6. The Morgan fingerprint density at radius 1 is 1.03 bits per heavy atom. The van der Waals surface area contributed by atoms with Gasteiger partial charge in [0.1, 0.15) is 28.6 Å². The van der Waals surface area contributed by atoms with E-state index in [1.165, 1.54) is 19.2 Å². The molecule has 0 saturated carbocycles. The van der Waals surface area contributed by atoms with Crippen molar-refractivity contribution in [3.05, 3.63) is 83.4 Å². The van der Waals surface area contributed by atoms with E-state index < -0.39 is 22.2 Å². The maximum Gasteiger partial charge on any atom is 0.265 e. The molecule has 9 heteroatoms. The third-order valence-corrected chi connectivity index (χ3v) is 7.30. The van der Waals surface area contributed by atoms with Gasteiger partial charge in [0.15, 0.2) is 0 Å². The standard InChI is InChI=1S/C26H28N2O6S/c1-17-11-12-18(2)21(13-17)26(30)28-15-22(29)24(16-28)34-20-8-6-7-19(14-20)27-35(31,32)25-10-5-4-9-23(25)33-3/h4-14,22,24,27,29H,15-16H2,1-3H3/t22-,24-/m1/s1. The number of ether oxygens (including phenoxy) is 2.